The molecule has 0 radical (unpaired) electrons. The van der Waals surface area contributed by atoms with Gasteiger partial charge in [-0.15, -0.1) is 0 Å². The molecule has 0 unspecified atom stereocenters. The Morgan fingerprint density at radius 3 is 2.35 bits per heavy atom. The molecule has 2 aromatic carbocycles. The molecule has 2 rings (SSSR count). The van der Waals surface area contributed by atoms with Crippen molar-refractivity contribution < 1.29 is 23.0 Å². The third-order valence-electron chi connectivity index (χ3n) is 2.81. The van der Waals surface area contributed by atoms with E-state index in [4.69, 9.17) is 4.74 Å². The maximum Gasteiger partial charge on any atom is 0.159 e. The van der Waals surface area contributed by atoms with Gasteiger partial charge in [-0.05, 0) is 36.8 Å². The monoisotopic (exact) mass is 282 g/mol. The molecular weight excluding hydrogens is 269 g/mol. The summed E-state index contributed by atoms with van der Waals surface area (Å²) in [5.74, 6) is -2.22. The highest BCUT2D eigenvalue weighted by Gasteiger charge is 2.09. The van der Waals surface area contributed by atoms with E-state index >= 15 is 0 Å². The van der Waals surface area contributed by atoms with E-state index in [2.05, 4.69) is 0 Å². The van der Waals surface area contributed by atoms with Gasteiger partial charge < -0.3 is 9.84 Å². The van der Waals surface area contributed by atoms with E-state index in [0.717, 1.165) is 18.2 Å². The molecule has 2 aromatic rings. The van der Waals surface area contributed by atoms with Crippen LogP contribution in [0.4, 0.5) is 13.2 Å². The van der Waals surface area contributed by atoms with Crippen molar-refractivity contribution in [3.05, 3.63) is 65.0 Å². The van der Waals surface area contributed by atoms with Crippen LogP contribution >= 0.6 is 0 Å². The van der Waals surface area contributed by atoms with Gasteiger partial charge in [0.15, 0.2) is 11.6 Å². The highest BCUT2D eigenvalue weighted by Crippen LogP contribution is 2.22. The maximum absolute atomic E-state index is 13.6. The minimum atomic E-state index is -0.957. The fourth-order valence-corrected chi connectivity index (χ4v) is 1.73. The zero-order chi connectivity index (χ0) is 14.7. The Balaban J connectivity index is 2.07. The molecule has 0 heterocycles. The molecule has 0 bridgehead atoms. The molecule has 0 saturated carbocycles. The molecule has 0 saturated heterocycles. The van der Waals surface area contributed by atoms with Gasteiger partial charge in [-0.2, -0.15) is 0 Å². The van der Waals surface area contributed by atoms with Crippen LogP contribution in [0.2, 0.25) is 0 Å². The Hall–Kier alpha value is -2.01. The summed E-state index contributed by atoms with van der Waals surface area (Å²) in [5.41, 5.74) is 0.606. The summed E-state index contributed by atoms with van der Waals surface area (Å²) < 4.78 is 44.6. The van der Waals surface area contributed by atoms with Crippen molar-refractivity contribution in [2.75, 3.05) is 0 Å². The predicted octanol–water partition coefficient (Wildman–Crippen LogP) is 3.74. The van der Waals surface area contributed by atoms with Gasteiger partial charge in [-0.3, -0.25) is 0 Å². The zero-order valence-electron chi connectivity index (χ0n) is 10.7. The Morgan fingerprint density at radius 1 is 1.00 bits per heavy atom. The highest BCUT2D eigenvalue weighted by atomic mass is 19.2. The molecular formula is C15H13F3O2. The average molecular weight is 282 g/mol. The van der Waals surface area contributed by atoms with Gasteiger partial charge in [0.1, 0.15) is 18.2 Å². The largest absolute Gasteiger partial charge is 0.489 e. The number of aliphatic hydroxyl groups excluding tert-OH is 1. The number of rotatable bonds is 4. The minimum absolute atomic E-state index is 0.00926. The number of halogens is 3. The van der Waals surface area contributed by atoms with Crippen molar-refractivity contribution in [1.82, 2.24) is 0 Å². The van der Waals surface area contributed by atoms with E-state index in [1.165, 1.54) is 25.1 Å². The van der Waals surface area contributed by atoms with Crippen molar-refractivity contribution in [3.8, 4) is 5.75 Å². The van der Waals surface area contributed by atoms with Gasteiger partial charge in [0, 0.05) is 11.6 Å². The Morgan fingerprint density at radius 2 is 1.75 bits per heavy atom. The molecule has 0 aliphatic rings. The van der Waals surface area contributed by atoms with E-state index in [-0.39, 0.29) is 17.9 Å². The summed E-state index contributed by atoms with van der Waals surface area (Å²) in [6.07, 6.45) is -0.907. The Labute approximate surface area is 114 Å². The summed E-state index contributed by atoms with van der Waals surface area (Å²) in [7, 11) is 0. The number of hydrogen-bond donors (Lipinski definition) is 1. The third-order valence-corrected chi connectivity index (χ3v) is 2.81. The molecule has 0 amide bonds. The second-order valence-electron chi connectivity index (χ2n) is 4.40. The molecule has 0 aromatic heterocycles. The molecule has 0 aliphatic heterocycles. The first-order valence-electron chi connectivity index (χ1n) is 6.01. The summed E-state index contributed by atoms with van der Waals surface area (Å²) in [6.45, 7) is 1.45. The first kappa shape index (κ1) is 14.4. The van der Waals surface area contributed by atoms with E-state index in [9.17, 15) is 18.3 Å². The molecule has 2 nitrogen and oxygen atoms in total. The van der Waals surface area contributed by atoms with Gasteiger partial charge in [-0.25, -0.2) is 13.2 Å². The standard InChI is InChI=1S/C15H13F3O2/c1-9(19)12-4-3-11(7-14(12)17)20-8-10-2-5-13(16)15(18)6-10/h2-7,9,19H,8H2,1H3/t9-/m1/s1. The maximum atomic E-state index is 13.6. The quantitative estimate of drug-likeness (QED) is 0.925. The van der Waals surface area contributed by atoms with Crippen molar-refractivity contribution in [3.63, 3.8) is 0 Å². The van der Waals surface area contributed by atoms with Crippen molar-refractivity contribution >= 4 is 0 Å². The number of hydrogen-bond acceptors (Lipinski definition) is 2. The molecule has 0 fully saturated rings. The second-order valence-corrected chi connectivity index (χ2v) is 4.40. The molecule has 1 N–H and O–H groups in total. The summed E-state index contributed by atoms with van der Waals surface area (Å²) >= 11 is 0. The van der Waals surface area contributed by atoms with E-state index < -0.39 is 23.6 Å². The molecule has 0 aliphatic carbocycles. The SMILES string of the molecule is C[C@@H](O)c1ccc(OCc2ccc(F)c(F)c2)cc1F. The Bertz CT molecular complexity index is 612. The normalized spacial score (nSPS) is 12.2. The topological polar surface area (TPSA) is 29.5 Å². The van der Waals surface area contributed by atoms with Crippen LogP contribution in [0, 0.1) is 17.5 Å². The van der Waals surface area contributed by atoms with Crippen molar-refractivity contribution in [2.45, 2.75) is 19.6 Å². The lowest BCUT2D eigenvalue weighted by atomic mass is 10.1. The van der Waals surface area contributed by atoms with Crippen LogP contribution in [0.3, 0.4) is 0 Å². The van der Waals surface area contributed by atoms with Crippen LogP contribution in [0.25, 0.3) is 0 Å². The van der Waals surface area contributed by atoms with Crippen LogP contribution in [0.1, 0.15) is 24.2 Å². The van der Waals surface area contributed by atoms with E-state index in [1.54, 1.807) is 0 Å². The summed E-state index contributed by atoms with van der Waals surface area (Å²) in [6, 6.07) is 7.48. The summed E-state index contributed by atoms with van der Waals surface area (Å²) in [5, 5.41) is 9.30. The van der Waals surface area contributed by atoms with Crippen LogP contribution in [0.5, 0.6) is 5.75 Å². The number of benzene rings is 2. The highest BCUT2D eigenvalue weighted by molar-refractivity contribution is 5.30. The molecule has 106 valence electrons. The van der Waals surface area contributed by atoms with E-state index in [1.807, 2.05) is 0 Å². The third kappa shape index (κ3) is 3.30. The lowest BCUT2D eigenvalue weighted by Gasteiger charge is -2.10. The zero-order valence-corrected chi connectivity index (χ0v) is 10.7. The van der Waals surface area contributed by atoms with E-state index in [0.29, 0.717) is 5.56 Å². The van der Waals surface area contributed by atoms with Gasteiger partial charge in [0.2, 0.25) is 0 Å². The molecule has 0 spiro atoms. The van der Waals surface area contributed by atoms with Crippen LogP contribution in [-0.4, -0.2) is 5.11 Å². The fraction of sp³-hybridized carbons (Fsp3) is 0.200. The molecule has 1 atom stereocenters. The van der Waals surface area contributed by atoms with Crippen LogP contribution in [-0.2, 0) is 6.61 Å². The summed E-state index contributed by atoms with van der Waals surface area (Å²) in [4.78, 5) is 0. The Kier molecular flexibility index (Phi) is 4.29. The fourth-order valence-electron chi connectivity index (χ4n) is 1.73. The van der Waals surface area contributed by atoms with Crippen LogP contribution in [0.15, 0.2) is 36.4 Å². The average Bonchev–Trinajstić information content (AvgIpc) is 2.40. The van der Waals surface area contributed by atoms with Gasteiger partial charge in [-0.1, -0.05) is 6.07 Å². The second kappa shape index (κ2) is 5.96. The van der Waals surface area contributed by atoms with Gasteiger partial charge in [0.05, 0.1) is 6.10 Å². The van der Waals surface area contributed by atoms with Crippen molar-refractivity contribution in [2.24, 2.45) is 0 Å². The van der Waals surface area contributed by atoms with Crippen molar-refractivity contribution in [1.29, 1.82) is 0 Å². The number of aliphatic hydroxyl groups is 1. The minimum Gasteiger partial charge on any atom is -0.489 e. The lowest BCUT2D eigenvalue weighted by molar-refractivity contribution is 0.194. The van der Waals surface area contributed by atoms with Crippen LogP contribution < -0.4 is 4.74 Å². The number of ether oxygens (including phenoxy) is 1. The first-order chi connectivity index (χ1) is 9.47. The first-order valence-corrected chi connectivity index (χ1v) is 6.01. The lowest BCUT2D eigenvalue weighted by Crippen LogP contribution is -2.00. The molecule has 5 heteroatoms. The smallest absolute Gasteiger partial charge is 0.159 e. The van der Waals surface area contributed by atoms with Gasteiger partial charge in [0.25, 0.3) is 0 Å². The molecule has 20 heavy (non-hydrogen) atoms. The van der Waals surface area contributed by atoms with Gasteiger partial charge >= 0.3 is 0 Å². The predicted molar refractivity (Wildman–Crippen MR) is 67.7 cm³/mol.